The first-order chi connectivity index (χ1) is 27.1. The van der Waals surface area contributed by atoms with Gasteiger partial charge in [-0.2, -0.15) is 0 Å². The summed E-state index contributed by atoms with van der Waals surface area (Å²) in [7, 11) is 2.70. The molecule has 2 aliphatic heterocycles. The molecule has 2 amide bonds. The monoisotopic (exact) mass is 835 g/mol. The van der Waals surface area contributed by atoms with E-state index in [9.17, 15) is 19.2 Å². The number of likely N-dealkylation sites (tertiary alicyclic amines) is 1. The van der Waals surface area contributed by atoms with E-state index in [1.165, 1.54) is 24.7 Å². The lowest BCUT2D eigenvalue weighted by atomic mass is 9.85. The zero-order valence-corrected chi connectivity index (χ0v) is 36.3. The molecule has 2 aromatic carbocycles. The molecule has 326 valence electrons. The van der Waals surface area contributed by atoms with Crippen molar-refractivity contribution in [2.75, 3.05) is 53.7 Å². The number of carbonyl (C=O) groups is 4. The van der Waals surface area contributed by atoms with E-state index in [1.54, 1.807) is 20.8 Å². The molecule has 0 aromatic heterocycles. The third kappa shape index (κ3) is 18.4. The summed E-state index contributed by atoms with van der Waals surface area (Å²) in [5.74, 6) is -1.10. The number of amides is 2. The first kappa shape index (κ1) is 50.4. The summed E-state index contributed by atoms with van der Waals surface area (Å²) in [6.45, 7) is 15.2. The second-order valence-corrected chi connectivity index (χ2v) is 16.2. The number of alkyl carbamates (subject to hydrolysis) is 1. The number of rotatable bonds is 18. The van der Waals surface area contributed by atoms with E-state index in [0.717, 1.165) is 12.0 Å². The number of methoxy groups -OCH3 is 2. The molecule has 5 atom stereocenters. The van der Waals surface area contributed by atoms with Crippen LogP contribution in [0.5, 0.6) is 0 Å². The van der Waals surface area contributed by atoms with E-state index in [-0.39, 0.29) is 49.1 Å². The van der Waals surface area contributed by atoms with Crippen LogP contribution in [0.4, 0.5) is 4.79 Å². The average molecular weight is 836 g/mol. The zero-order valence-electron chi connectivity index (χ0n) is 35.5. The van der Waals surface area contributed by atoms with Gasteiger partial charge in [-0.1, -0.05) is 81.4 Å². The van der Waals surface area contributed by atoms with Crippen molar-refractivity contribution in [3.05, 3.63) is 71.8 Å². The van der Waals surface area contributed by atoms with Crippen LogP contribution in [0.3, 0.4) is 0 Å². The molecule has 0 spiro atoms. The Morgan fingerprint density at radius 2 is 1.26 bits per heavy atom. The minimum absolute atomic E-state index is 0. The molecule has 0 unspecified atom stereocenters. The average Bonchev–Trinajstić information content (AvgIpc) is 3.84. The minimum atomic E-state index is -0.898. The Balaban J connectivity index is 0.000000448. The highest BCUT2D eigenvalue weighted by molar-refractivity contribution is 5.91. The normalized spacial score (nSPS) is 19.6. The van der Waals surface area contributed by atoms with Gasteiger partial charge < -0.3 is 48.7 Å². The van der Waals surface area contributed by atoms with Gasteiger partial charge >= 0.3 is 18.0 Å². The van der Waals surface area contributed by atoms with Crippen LogP contribution in [0.15, 0.2) is 60.7 Å². The number of hydrogen-bond donors (Lipinski definition) is 2. The van der Waals surface area contributed by atoms with Gasteiger partial charge in [-0.15, -0.1) is 12.4 Å². The van der Waals surface area contributed by atoms with Gasteiger partial charge in [0.2, 0.25) is 5.91 Å². The number of benzene rings is 2. The number of carbonyl (C=O) groups excluding carboxylic acids is 4. The molecule has 2 saturated heterocycles. The highest BCUT2D eigenvalue weighted by atomic mass is 35.5. The molecule has 2 aliphatic rings. The highest BCUT2D eigenvalue weighted by Crippen LogP contribution is 2.28. The molecule has 0 radical (unpaired) electrons. The summed E-state index contributed by atoms with van der Waals surface area (Å²) in [5.41, 5.74) is 0.961. The van der Waals surface area contributed by atoms with Gasteiger partial charge in [-0.25, -0.2) is 9.59 Å². The summed E-state index contributed by atoms with van der Waals surface area (Å²) < 4.78 is 38.0. The molecule has 15 heteroatoms. The quantitative estimate of drug-likeness (QED) is 0.109. The highest BCUT2D eigenvalue weighted by Gasteiger charge is 2.46. The van der Waals surface area contributed by atoms with Crippen molar-refractivity contribution in [1.29, 1.82) is 0 Å². The fraction of sp³-hybridized carbons (Fsp3) is 0.628. The third-order valence-electron chi connectivity index (χ3n) is 9.17. The van der Waals surface area contributed by atoms with Crippen molar-refractivity contribution in [2.45, 2.75) is 116 Å². The number of ether oxygens (including phenoxy) is 7. The molecule has 0 aliphatic carbocycles. The van der Waals surface area contributed by atoms with Crippen LogP contribution in [0.2, 0.25) is 0 Å². The Morgan fingerprint density at radius 3 is 1.74 bits per heavy atom. The van der Waals surface area contributed by atoms with Crippen molar-refractivity contribution in [2.24, 2.45) is 5.41 Å². The predicted molar refractivity (Wildman–Crippen MR) is 221 cm³/mol. The Morgan fingerprint density at radius 1 is 0.741 bits per heavy atom. The molecule has 0 saturated carbocycles. The summed E-state index contributed by atoms with van der Waals surface area (Å²) in [6, 6.07) is 18.1. The van der Waals surface area contributed by atoms with Gasteiger partial charge in [-0.3, -0.25) is 9.59 Å². The lowest BCUT2D eigenvalue weighted by molar-refractivity contribution is -0.152. The number of hydrogen-bond acceptors (Lipinski definition) is 12. The van der Waals surface area contributed by atoms with Gasteiger partial charge in [-0.05, 0) is 50.2 Å². The van der Waals surface area contributed by atoms with E-state index in [1.807, 2.05) is 81.4 Å². The van der Waals surface area contributed by atoms with Crippen molar-refractivity contribution in [3.8, 4) is 0 Å². The van der Waals surface area contributed by atoms with Crippen LogP contribution >= 0.6 is 12.4 Å². The zero-order chi connectivity index (χ0) is 41.8. The molecule has 2 aromatic rings. The van der Waals surface area contributed by atoms with Gasteiger partial charge in [0.05, 0.1) is 39.6 Å². The first-order valence-electron chi connectivity index (χ1n) is 19.8. The number of nitrogens with zero attached hydrogens (tertiary/aromatic N) is 1. The molecular weight excluding hydrogens is 770 g/mol. The third-order valence-corrected chi connectivity index (χ3v) is 9.17. The van der Waals surface area contributed by atoms with E-state index in [0.29, 0.717) is 65.4 Å². The Hall–Kier alpha value is -3.79. The van der Waals surface area contributed by atoms with Gasteiger partial charge in [0.25, 0.3) is 0 Å². The first-order valence-corrected chi connectivity index (χ1v) is 19.8. The Labute approximate surface area is 350 Å². The van der Waals surface area contributed by atoms with E-state index in [2.05, 4.69) is 10.6 Å². The summed E-state index contributed by atoms with van der Waals surface area (Å²) in [4.78, 5) is 51.4. The Kier molecular flexibility index (Phi) is 22.3. The van der Waals surface area contributed by atoms with Crippen molar-refractivity contribution in [1.82, 2.24) is 15.5 Å². The summed E-state index contributed by atoms with van der Waals surface area (Å²) in [6.07, 6.45) is 1.62. The van der Waals surface area contributed by atoms with Crippen molar-refractivity contribution < 1.29 is 52.3 Å². The lowest BCUT2D eigenvalue weighted by Crippen LogP contribution is -2.57. The van der Waals surface area contributed by atoms with Crippen molar-refractivity contribution >= 4 is 36.3 Å². The maximum atomic E-state index is 13.6. The molecule has 2 heterocycles. The van der Waals surface area contributed by atoms with Crippen LogP contribution in [0.25, 0.3) is 0 Å². The maximum Gasteiger partial charge on any atom is 0.408 e. The second-order valence-electron chi connectivity index (χ2n) is 16.2. The molecule has 58 heavy (non-hydrogen) atoms. The van der Waals surface area contributed by atoms with Crippen molar-refractivity contribution in [3.63, 3.8) is 0 Å². The number of esters is 2. The molecule has 4 rings (SSSR count). The van der Waals surface area contributed by atoms with Crippen LogP contribution in [-0.4, -0.2) is 119 Å². The van der Waals surface area contributed by atoms with E-state index < -0.39 is 35.2 Å². The standard InChI is InChI=1S/C27H42N2O7.C16H23NO4.ClH/c1-26(2,3)22(28-25(32)36-27(4,5)6)23(30)29-17-20(16-21(29)24(31)33-7)35-15-11-14-34-18-19-12-9-8-10-13-19;1-19-16(18)15-10-14(11-17-15)21-9-5-8-20-12-13-6-3-2-4-7-13;/h8-10,12-13,20-22H,11,14-18H2,1-7H3,(H,28,32);2-4,6-7,14-15,17H,5,8-12H2,1H3;1H/t20-,21-,22+;14-,15-;/m00./s1. The minimum Gasteiger partial charge on any atom is -0.468 e. The van der Waals surface area contributed by atoms with Crippen LogP contribution < -0.4 is 10.6 Å². The van der Waals surface area contributed by atoms with Crippen LogP contribution in [0.1, 0.15) is 78.4 Å². The maximum absolute atomic E-state index is 13.6. The number of nitrogens with one attached hydrogen (secondary N) is 2. The van der Waals surface area contributed by atoms with Gasteiger partial charge in [0.1, 0.15) is 23.7 Å². The summed E-state index contributed by atoms with van der Waals surface area (Å²) in [5, 5.41) is 5.80. The van der Waals surface area contributed by atoms with E-state index >= 15 is 0 Å². The fourth-order valence-electron chi connectivity index (χ4n) is 6.26. The lowest BCUT2D eigenvalue weighted by Gasteiger charge is -2.35. The fourth-order valence-corrected chi connectivity index (χ4v) is 6.26. The van der Waals surface area contributed by atoms with Gasteiger partial charge in [0.15, 0.2) is 0 Å². The van der Waals surface area contributed by atoms with Crippen LogP contribution in [-0.2, 0) is 60.8 Å². The Bertz CT molecular complexity index is 1500. The van der Waals surface area contributed by atoms with Crippen LogP contribution in [0, 0.1) is 5.41 Å². The molecule has 0 bridgehead atoms. The SMILES string of the molecule is COC(=O)[C@@H]1C[C@H](OCCCOCc2ccccc2)CN1.COC(=O)[C@@H]1C[C@H](OCCCOCc2ccccc2)CN1C(=O)[C@@H](NC(=O)OC(C)(C)C)C(C)(C)C.Cl. The molecule has 2 fully saturated rings. The molecular formula is C43H66ClN3O11. The van der Waals surface area contributed by atoms with Gasteiger partial charge in [0, 0.05) is 52.4 Å². The molecule has 14 nitrogen and oxygen atoms in total. The second kappa shape index (κ2) is 25.6. The predicted octanol–water partition coefficient (Wildman–Crippen LogP) is 5.63. The molecule has 2 N–H and O–H groups in total. The van der Waals surface area contributed by atoms with E-state index in [4.69, 9.17) is 33.2 Å². The summed E-state index contributed by atoms with van der Waals surface area (Å²) >= 11 is 0. The number of halogens is 1. The largest absolute Gasteiger partial charge is 0.468 e. The topological polar surface area (TPSA) is 160 Å². The smallest absolute Gasteiger partial charge is 0.408 e.